The molecule has 1 aliphatic heterocycles. The lowest BCUT2D eigenvalue weighted by atomic mass is 9.82. The van der Waals surface area contributed by atoms with Crippen molar-refractivity contribution in [2.75, 3.05) is 24.6 Å². The summed E-state index contributed by atoms with van der Waals surface area (Å²) in [6.45, 7) is 15.7. The third-order valence-electron chi connectivity index (χ3n) is 7.57. The van der Waals surface area contributed by atoms with Gasteiger partial charge in [0.15, 0.2) is 11.9 Å². The van der Waals surface area contributed by atoms with Crippen LogP contribution in [0.15, 0.2) is 48.8 Å². The molecule has 2 atom stereocenters. The van der Waals surface area contributed by atoms with Crippen molar-refractivity contribution in [2.24, 2.45) is 5.41 Å². The van der Waals surface area contributed by atoms with E-state index in [1.165, 1.54) is 6.07 Å². The minimum Gasteiger partial charge on any atom is -0.479 e. The summed E-state index contributed by atoms with van der Waals surface area (Å²) in [6, 6.07) is 11.2. The molecule has 0 amide bonds. The van der Waals surface area contributed by atoms with Gasteiger partial charge >= 0.3 is 5.97 Å². The molecule has 3 heterocycles. The summed E-state index contributed by atoms with van der Waals surface area (Å²) < 4.78 is 33.1. The number of nitrogens with zero attached hydrogens (tertiary/aromatic N) is 3. The van der Waals surface area contributed by atoms with Crippen LogP contribution < -0.4 is 9.64 Å². The summed E-state index contributed by atoms with van der Waals surface area (Å²) in [5.41, 5.74) is 3.29. The molecule has 1 aliphatic rings. The lowest BCUT2D eigenvalue weighted by Gasteiger charge is -2.40. The molecule has 9 heteroatoms. The SMILES string of the molecule is Cc1ncc(-c2cnc(OC(C)COCc3ccccc3)c(F)c2)c(N2CCC(C)(C)CC2)c1[C@H](OC(C)(C)C)C(=O)O. The van der Waals surface area contributed by atoms with E-state index >= 15 is 4.39 Å². The molecule has 1 unspecified atom stereocenters. The van der Waals surface area contributed by atoms with Crippen LogP contribution in [0.2, 0.25) is 0 Å². The number of carboxylic acids is 1. The molecule has 0 spiro atoms. The fourth-order valence-electron chi connectivity index (χ4n) is 5.20. The number of aryl methyl sites for hydroxylation is 1. The van der Waals surface area contributed by atoms with E-state index in [1.54, 1.807) is 26.2 Å². The van der Waals surface area contributed by atoms with Gasteiger partial charge in [-0.2, -0.15) is 0 Å². The van der Waals surface area contributed by atoms with Crippen molar-refractivity contribution in [3.05, 3.63) is 71.4 Å². The molecule has 8 nitrogen and oxygen atoms in total. The van der Waals surface area contributed by atoms with Crippen LogP contribution >= 0.6 is 0 Å². The number of anilines is 1. The van der Waals surface area contributed by atoms with Crippen molar-refractivity contribution in [3.8, 4) is 17.0 Å². The Morgan fingerprint density at radius 1 is 1.12 bits per heavy atom. The zero-order valence-electron chi connectivity index (χ0n) is 26.3. The van der Waals surface area contributed by atoms with Crippen molar-refractivity contribution in [1.82, 2.24) is 9.97 Å². The number of carbonyl (C=O) groups is 1. The highest BCUT2D eigenvalue weighted by Gasteiger charge is 2.36. The highest BCUT2D eigenvalue weighted by molar-refractivity contribution is 5.86. The fraction of sp³-hybridized carbons (Fsp3) is 0.500. The van der Waals surface area contributed by atoms with Gasteiger partial charge in [0, 0.05) is 47.9 Å². The number of carboxylic acid groups (broad SMARTS) is 1. The van der Waals surface area contributed by atoms with Crippen LogP contribution in [-0.2, 0) is 20.9 Å². The van der Waals surface area contributed by atoms with Gasteiger partial charge in [0.2, 0.25) is 0 Å². The van der Waals surface area contributed by atoms with Gasteiger partial charge < -0.3 is 24.2 Å². The molecule has 1 N–H and O–H groups in total. The van der Waals surface area contributed by atoms with E-state index in [2.05, 4.69) is 28.7 Å². The van der Waals surface area contributed by atoms with Gasteiger partial charge in [-0.25, -0.2) is 14.2 Å². The van der Waals surface area contributed by atoms with E-state index in [-0.39, 0.29) is 17.9 Å². The first-order valence-electron chi connectivity index (χ1n) is 14.8. The Morgan fingerprint density at radius 3 is 2.40 bits per heavy atom. The number of pyridine rings is 2. The maximum absolute atomic E-state index is 15.5. The van der Waals surface area contributed by atoms with Crippen LogP contribution in [0.5, 0.6) is 5.88 Å². The van der Waals surface area contributed by atoms with Gasteiger partial charge in [-0.3, -0.25) is 4.98 Å². The molecule has 3 aromatic rings. The molecule has 1 fully saturated rings. The standard InChI is InChI=1S/C34H44FN3O5/c1-22(20-41-21-24-11-9-8-10-12-24)42-31-27(35)17-25(18-37-31)26-19-36-23(2)28(30(32(39)40)43-33(3,4)5)29(26)38-15-13-34(6,7)14-16-38/h8-12,17-19,22,30H,13-16,20-21H2,1-7H3,(H,39,40)/t22?,30-/m0/s1. The van der Waals surface area contributed by atoms with E-state index < -0.39 is 29.6 Å². The Morgan fingerprint density at radius 2 is 1.79 bits per heavy atom. The summed E-state index contributed by atoms with van der Waals surface area (Å²) >= 11 is 0. The van der Waals surface area contributed by atoms with Crippen molar-refractivity contribution >= 4 is 11.7 Å². The smallest absolute Gasteiger partial charge is 0.337 e. The highest BCUT2D eigenvalue weighted by atomic mass is 19.1. The molecule has 0 aliphatic carbocycles. The number of rotatable bonds is 11. The number of hydrogen-bond acceptors (Lipinski definition) is 7. The lowest BCUT2D eigenvalue weighted by molar-refractivity contribution is -0.160. The summed E-state index contributed by atoms with van der Waals surface area (Å²) in [7, 11) is 0. The van der Waals surface area contributed by atoms with Gasteiger partial charge in [-0.1, -0.05) is 44.2 Å². The van der Waals surface area contributed by atoms with Gasteiger partial charge in [-0.05, 0) is 64.5 Å². The third kappa shape index (κ3) is 8.51. The molecule has 43 heavy (non-hydrogen) atoms. The predicted molar refractivity (Wildman–Crippen MR) is 165 cm³/mol. The normalized spacial score (nSPS) is 16.5. The van der Waals surface area contributed by atoms with Gasteiger partial charge in [-0.15, -0.1) is 0 Å². The maximum Gasteiger partial charge on any atom is 0.337 e. The first-order chi connectivity index (χ1) is 20.2. The minimum atomic E-state index is -1.26. The number of halogens is 1. The zero-order valence-corrected chi connectivity index (χ0v) is 26.3. The summed E-state index contributed by atoms with van der Waals surface area (Å²) in [5, 5.41) is 10.3. The Kier molecular flexibility index (Phi) is 10.1. The Labute approximate surface area is 254 Å². The highest BCUT2D eigenvalue weighted by Crippen LogP contribution is 2.43. The average Bonchev–Trinajstić information content (AvgIpc) is 2.93. The molecule has 0 radical (unpaired) electrons. The Hall–Kier alpha value is -3.56. The van der Waals surface area contributed by atoms with E-state index in [1.807, 2.05) is 51.1 Å². The second-order valence-corrected chi connectivity index (χ2v) is 13.1. The predicted octanol–water partition coefficient (Wildman–Crippen LogP) is 7.14. The molecular weight excluding hydrogens is 549 g/mol. The number of aromatic nitrogens is 2. The zero-order chi connectivity index (χ0) is 31.4. The van der Waals surface area contributed by atoms with Crippen LogP contribution in [0, 0.1) is 18.2 Å². The molecule has 4 rings (SSSR count). The van der Waals surface area contributed by atoms with Crippen LogP contribution in [0.1, 0.15) is 77.3 Å². The van der Waals surface area contributed by atoms with E-state index in [0.29, 0.717) is 34.7 Å². The number of benzene rings is 1. The molecule has 232 valence electrons. The summed E-state index contributed by atoms with van der Waals surface area (Å²) in [4.78, 5) is 23.7. The van der Waals surface area contributed by atoms with E-state index in [9.17, 15) is 9.90 Å². The Balaban J connectivity index is 1.65. The quantitative estimate of drug-likeness (QED) is 0.251. The third-order valence-corrected chi connectivity index (χ3v) is 7.57. The topological polar surface area (TPSA) is 94.0 Å². The van der Waals surface area contributed by atoms with Gasteiger partial charge in [0.25, 0.3) is 5.88 Å². The van der Waals surface area contributed by atoms with Crippen LogP contribution in [0.3, 0.4) is 0 Å². The maximum atomic E-state index is 15.5. The van der Waals surface area contributed by atoms with Crippen LogP contribution in [-0.4, -0.2) is 52.4 Å². The number of aliphatic carboxylic acids is 1. The Bertz CT molecular complexity index is 1400. The fourth-order valence-corrected chi connectivity index (χ4v) is 5.20. The molecule has 0 bridgehead atoms. The average molecular weight is 594 g/mol. The lowest BCUT2D eigenvalue weighted by Crippen LogP contribution is -2.39. The molecule has 1 aromatic carbocycles. The molecule has 0 saturated carbocycles. The van der Waals surface area contributed by atoms with Gasteiger partial charge in [0.05, 0.1) is 24.5 Å². The molecule has 2 aromatic heterocycles. The minimum absolute atomic E-state index is 0.124. The summed E-state index contributed by atoms with van der Waals surface area (Å²) in [6.07, 6.45) is 3.38. The van der Waals surface area contributed by atoms with Crippen molar-refractivity contribution in [1.29, 1.82) is 0 Å². The van der Waals surface area contributed by atoms with Gasteiger partial charge in [0.1, 0.15) is 6.10 Å². The monoisotopic (exact) mass is 593 g/mol. The second kappa shape index (κ2) is 13.4. The molecular formula is C34H44FN3O5. The van der Waals surface area contributed by atoms with E-state index in [4.69, 9.17) is 14.2 Å². The molecule has 1 saturated heterocycles. The van der Waals surface area contributed by atoms with Crippen molar-refractivity contribution in [3.63, 3.8) is 0 Å². The number of piperidine rings is 1. The van der Waals surface area contributed by atoms with Crippen molar-refractivity contribution < 1.29 is 28.5 Å². The first-order valence-corrected chi connectivity index (χ1v) is 14.8. The number of ether oxygens (including phenoxy) is 3. The second-order valence-electron chi connectivity index (χ2n) is 13.1. The first kappa shape index (κ1) is 32.4. The van der Waals surface area contributed by atoms with Crippen LogP contribution in [0.4, 0.5) is 10.1 Å². The van der Waals surface area contributed by atoms with Crippen molar-refractivity contribution in [2.45, 2.75) is 85.7 Å². The van der Waals surface area contributed by atoms with E-state index in [0.717, 1.165) is 31.5 Å². The van der Waals surface area contributed by atoms with Crippen LogP contribution in [0.25, 0.3) is 11.1 Å². The summed E-state index contributed by atoms with van der Waals surface area (Å²) in [5.74, 6) is -1.85. The largest absolute Gasteiger partial charge is 0.479 e. The number of hydrogen-bond donors (Lipinski definition) is 1.